The van der Waals surface area contributed by atoms with Crippen LogP contribution >= 0.6 is 15.9 Å². The number of aromatic nitrogens is 1. The number of amides is 1. The zero-order valence-corrected chi connectivity index (χ0v) is 11.4. The Morgan fingerprint density at radius 2 is 2.15 bits per heavy atom. The Balaban J connectivity index is 2.26. The summed E-state index contributed by atoms with van der Waals surface area (Å²) in [7, 11) is 0. The third-order valence-corrected chi connectivity index (χ3v) is 3.06. The van der Waals surface area contributed by atoms with Gasteiger partial charge in [-0.3, -0.25) is 19.9 Å². The first-order valence-corrected chi connectivity index (χ1v) is 6.13. The van der Waals surface area contributed by atoms with E-state index in [2.05, 4.69) is 26.2 Å². The maximum atomic E-state index is 13.7. The molecule has 2 aromatic rings. The van der Waals surface area contributed by atoms with Crippen LogP contribution in [0.1, 0.15) is 10.4 Å². The lowest BCUT2D eigenvalue weighted by Crippen LogP contribution is -2.14. The number of carbonyl (C=O) groups excluding carboxylic acids is 1. The number of carbonyl (C=O) groups is 1. The summed E-state index contributed by atoms with van der Waals surface area (Å²) in [5, 5.41) is 13.0. The Bertz CT molecular complexity index is 693. The summed E-state index contributed by atoms with van der Waals surface area (Å²) in [6.45, 7) is 0. The number of hydrogen-bond donors (Lipinski definition) is 1. The molecule has 2 rings (SSSR count). The second-order valence-electron chi connectivity index (χ2n) is 3.73. The van der Waals surface area contributed by atoms with E-state index in [1.165, 1.54) is 18.5 Å². The van der Waals surface area contributed by atoms with E-state index in [0.29, 0.717) is 16.2 Å². The monoisotopic (exact) mass is 339 g/mol. The van der Waals surface area contributed by atoms with E-state index in [4.69, 9.17) is 0 Å². The Hall–Kier alpha value is -2.35. The van der Waals surface area contributed by atoms with Crippen LogP contribution in [0.15, 0.2) is 41.1 Å². The van der Waals surface area contributed by atoms with Crippen molar-refractivity contribution in [2.24, 2.45) is 0 Å². The minimum atomic E-state index is -0.957. The third kappa shape index (κ3) is 2.97. The van der Waals surface area contributed by atoms with Crippen molar-refractivity contribution >= 4 is 33.2 Å². The summed E-state index contributed by atoms with van der Waals surface area (Å²) in [6, 6.07) is 4.37. The number of halogens is 2. The lowest BCUT2D eigenvalue weighted by atomic mass is 10.1. The number of nitro benzene ring substituents is 1. The highest BCUT2D eigenvalue weighted by Gasteiger charge is 2.16. The fourth-order valence-corrected chi connectivity index (χ4v) is 1.82. The molecule has 0 aliphatic heterocycles. The lowest BCUT2D eigenvalue weighted by molar-refractivity contribution is -0.385. The quantitative estimate of drug-likeness (QED) is 0.687. The second-order valence-corrected chi connectivity index (χ2v) is 4.59. The van der Waals surface area contributed by atoms with Gasteiger partial charge < -0.3 is 5.32 Å². The molecule has 102 valence electrons. The van der Waals surface area contributed by atoms with Crippen molar-refractivity contribution in [1.82, 2.24) is 4.98 Å². The van der Waals surface area contributed by atoms with E-state index in [-0.39, 0.29) is 5.56 Å². The first-order chi connectivity index (χ1) is 9.49. The maximum Gasteiger partial charge on any atom is 0.272 e. The van der Waals surface area contributed by atoms with E-state index >= 15 is 0 Å². The molecule has 1 heterocycles. The first kappa shape index (κ1) is 14.1. The molecule has 1 amide bonds. The zero-order valence-electron chi connectivity index (χ0n) is 9.84. The highest BCUT2D eigenvalue weighted by Crippen LogP contribution is 2.22. The maximum absolute atomic E-state index is 13.7. The number of rotatable bonds is 3. The number of anilines is 1. The number of pyridine rings is 1. The Morgan fingerprint density at radius 1 is 1.40 bits per heavy atom. The standard InChI is InChI=1S/C12H7BrFN3O3/c13-9-6-15-4-3-11(9)16-12(18)8-2-1-7(17(19)20)5-10(8)14/h1-6H,(H,15,16,18). The predicted octanol–water partition coefficient (Wildman–Crippen LogP) is 3.14. The number of hydrogen-bond acceptors (Lipinski definition) is 4. The summed E-state index contributed by atoms with van der Waals surface area (Å²) >= 11 is 3.19. The molecule has 20 heavy (non-hydrogen) atoms. The smallest absolute Gasteiger partial charge is 0.272 e. The first-order valence-electron chi connectivity index (χ1n) is 5.34. The molecule has 1 N–H and O–H groups in total. The van der Waals surface area contributed by atoms with E-state index in [9.17, 15) is 19.3 Å². The van der Waals surface area contributed by atoms with Crippen LogP contribution in [0.25, 0.3) is 0 Å². The van der Waals surface area contributed by atoms with Gasteiger partial charge in [0.1, 0.15) is 5.82 Å². The van der Waals surface area contributed by atoms with Crippen LogP contribution < -0.4 is 5.32 Å². The highest BCUT2D eigenvalue weighted by atomic mass is 79.9. The Morgan fingerprint density at radius 3 is 2.75 bits per heavy atom. The van der Waals surface area contributed by atoms with Gasteiger partial charge in [-0.25, -0.2) is 4.39 Å². The van der Waals surface area contributed by atoms with Gasteiger partial charge in [-0.2, -0.15) is 0 Å². The van der Waals surface area contributed by atoms with Gasteiger partial charge in [0.2, 0.25) is 0 Å². The fourth-order valence-electron chi connectivity index (χ4n) is 1.47. The number of benzene rings is 1. The molecule has 6 nitrogen and oxygen atoms in total. The topological polar surface area (TPSA) is 85.1 Å². The Labute approximate surface area is 120 Å². The molecule has 0 aliphatic carbocycles. The van der Waals surface area contributed by atoms with Gasteiger partial charge in [-0.1, -0.05) is 0 Å². The van der Waals surface area contributed by atoms with E-state index in [0.717, 1.165) is 12.1 Å². The van der Waals surface area contributed by atoms with E-state index in [1.807, 2.05) is 0 Å². The molecule has 0 spiro atoms. The summed E-state index contributed by atoms with van der Waals surface area (Å²) in [5.74, 6) is -1.66. The van der Waals surface area contributed by atoms with Crippen molar-refractivity contribution in [3.8, 4) is 0 Å². The minimum absolute atomic E-state index is 0.278. The van der Waals surface area contributed by atoms with Crippen LogP contribution in [-0.2, 0) is 0 Å². The third-order valence-electron chi connectivity index (χ3n) is 2.43. The number of nitrogens with one attached hydrogen (secondary N) is 1. The molecule has 0 aliphatic rings. The molecule has 0 unspecified atom stereocenters. The van der Waals surface area contributed by atoms with Gasteiger partial charge in [0.05, 0.1) is 26.7 Å². The number of nitro groups is 1. The van der Waals surface area contributed by atoms with Crippen molar-refractivity contribution in [3.63, 3.8) is 0 Å². The molecule has 0 saturated heterocycles. The predicted molar refractivity (Wildman–Crippen MR) is 72.9 cm³/mol. The van der Waals surface area contributed by atoms with Crippen molar-refractivity contribution in [2.75, 3.05) is 5.32 Å². The molecular weight excluding hydrogens is 333 g/mol. The zero-order chi connectivity index (χ0) is 14.7. The van der Waals surface area contributed by atoms with Crippen molar-refractivity contribution < 1.29 is 14.1 Å². The molecule has 0 bridgehead atoms. The van der Waals surface area contributed by atoms with Gasteiger partial charge in [-0.05, 0) is 28.1 Å². The molecule has 0 saturated carbocycles. The number of non-ortho nitro benzene ring substituents is 1. The SMILES string of the molecule is O=C(Nc1ccncc1Br)c1ccc([N+](=O)[O-])cc1F. The van der Waals surface area contributed by atoms with Crippen molar-refractivity contribution in [3.05, 3.63) is 62.6 Å². The van der Waals surface area contributed by atoms with Crippen molar-refractivity contribution in [2.45, 2.75) is 0 Å². The molecule has 0 radical (unpaired) electrons. The van der Waals surface area contributed by atoms with Crippen LogP contribution in [0.3, 0.4) is 0 Å². The molecule has 0 atom stereocenters. The fraction of sp³-hybridized carbons (Fsp3) is 0. The van der Waals surface area contributed by atoms with Crippen LogP contribution in [0.2, 0.25) is 0 Å². The summed E-state index contributed by atoms with van der Waals surface area (Å²) in [5.41, 5.74) is -0.272. The number of nitrogens with zero attached hydrogens (tertiary/aromatic N) is 2. The van der Waals surface area contributed by atoms with Crippen LogP contribution in [0.5, 0.6) is 0 Å². The minimum Gasteiger partial charge on any atom is -0.321 e. The average molecular weight is 340 g/mol. The Kier molecular flexibility index (Phi) is 4.04. The summed E-state index contributed by atoms with van der Waals surface area (Å²) in [6.07, 6.45) is 2.94. The van der Waals surface area contributed by atoms with Crippen LogP contribution in [0, 0.1) is 15.9 Å². The molecular formula is C12H7BrFN3O3. The lowest BCUT2D eigenvalue weighted by Gasteiger charge is -2.07. The van der Waals surface area contributed by atoms with Gasteiger partial charge in [0.15, 0.2) is 0 Å². The summed E-state index contributed by atoms with van der Waals surface area (Å²) in [4.78, 5) is 25.5. The van der Waals surface area contributed by atoms with Gasteiger partial charge in [-0.15, -0.1) is 0 Å². The molecule has 8 heteroatoms. The van der Waals surface area contributed by atoms with E-state index < -0.39 is 22.3 Å². The highest BCUT2D eigenvalue weighted by molar-refractivity contribution is 9.10. The van der Waals surface area contributed by atoms with Crippen molar-refractivity contribution in [1.29, 1.82) is 0 Å². The van der Waals surface area contributed by atoms with Gasteiger partial charge in [0, 0.05) is 18.5 Å². The van der Waals surface area contributed by atoms with Crippen LogP contribution in [0.4, 0.5) is 15.8 Å². The summed E-state index contributed by atoms with van der Waals surface area (Å²) < 4.78 is 14.2. The largest absolute Gasteiger partial charge is 0.321 e. The van der Waals surface area contributed by atoms with Gasteiger partial charge in [0.25, 0.3) is 11.6 Å². The van der Waals surface area contributed by atoms with Gasteiger partial charge >= 0.3 is 0 Å². The average Bonchev–Trinajstić information content (AvgIpc) is 2.41. The molecule has 0 fully saturated rings. The normalized spacial score (nSPS) is 10.1. The second kappa shape index (κ2) is 5.74. The molecule has 1 aromatic carbocycles. The van der Waals surface area contributed by atoms with E-state index in [1.54, 1.807) is 0 Å². The van der Waals surface area contributed by atoms with Crippen LogP contribution in [-0.4, -0.2) is 15.8 Å². The molecule has 1 aromatic heterocycles.